The van der Waals surface area contributed by atoms with Crippen LogP contribution in [0.2, 0.25) is 0 Å². The molecule has 3 aromatic carbocycles. The number of ether oxygens (including phenoxy) is 1. The molecule has 0 fully saturated rings. The summed E-state index contributed by atoms with van der Waals surface area (Å²) in [6.07, 6.45) is -0.748. The largest absolute Gasteiger partial charge is 0.481 e. The molecule has 0 bridgehead atoms. The third-order valence-corrected chi connectivity index (χ3v) is 5.87. The summed E-state index contributed by atoms with van der Waals surface area (Å²) < 4.78 is 25.4. The quantitative estimate of drug-likeness (QED) is 0.303. The fourth-order valence-electron chi connectivity index (χ4n) is 3.88. The zero-order chi connectivity index (χ0) is 25.8. The molecule has 1 N–H and O–H groups in total. The van der Waals surface area contributed by atoms with Crippen LogP contribution in [0.5, 0.6) is 0 Å². The fourth-order valence-corrected chi connectivity index (χ4v) is 3.88. The number of aryl methyl sites for hydroxylation is 1. The molecule has 36 heavy (non-hydrogen) atoms. The van der Waals surface area contributed by atoms with Crippen LogP contribution in [0.1, 0.15) is 31.1 Å². The minimum atomic E-state index is -0.877. The molecule has 4 aromatic rings. The number of carbonyl (C=O) groups excluding carboxylic acids is 1. The van der Waals surface area contributed by atoms with Gasteiger partial charge in [0.15, 0.2) is 5.76 Å². The van der Waals surface area contributed by atoms with Crippen molar-refractivity contribution >= 4 is 23.4 Å². The van der Waals surface area contributed by atoms with Crippen molar-refractivity contribution in [2.75, 3.05) is 11.5 Å². The highest BCUT2D eigenvalue weighted by Crippen LogP contribution is 2.39. The van der Waals surface area contributed by atoms with Gasteiger partial charge in [-0.25, -0.2) is 14.1 Å². The topological polar surface area (TPSA) is 92.9 Å². The predicted molar refractivity (Wildman–Crippen MR) is 134 cm³/mol. The Morgan fingerprint density at radius 2 is 1.58 bits per heavy atom. The van der Waals surface area contributed by atoms with Gasteiger partial charge in [-0.1, -0.05) is 65.8 Å². The third-order valence-electron chi connectivity index (χ3n) is 5.87. The molecule has 0 aliphatic heterocycles. The minimum absolute atomic E-state index is 0.0239. The first-order valence-electron chi connectivity index (χ1n) is 11.4. The molecule has 0 spiro atoms. The number of aliphatic carboxylic acids is 1. The molecule has 8 heteroatoms. The number of benzene rings is 3. The Labute approximate surface area is 207 Å². The number of amides is 1. The van der Waals surface area contributed by atoms with E-state index in [1.807, 2.05) is 36.4 Å². The van der Waals surface area contributed by atoms with Crippen molar-refractivity contribution in [3.05, 3.63) is 89.9 Å². The molecule has 0 radical (unpaired) electrons. The van der Waals surface area contributed by atoms with Crippen molar-refractivity contribution in [1.29, 1.82) is 0 Å². The molecule has 1 atom stereocenters. The zero-order valence-electron chi connectivity index (χ0n) is 20.1. The third kappa shape index (κ3) is 4.84. The number of nitrogens with zero attached hydrogens (tertiary/aromatic N) is 2. The van der Waals surface area contributed by atoms with Crippen LogP contribution in [0.3, 0.4) is 0 Å². The second-order valence-corrected chi connectivity index (χ2v) is 8.18. The highest BCUT2D eigenvalue weighted by molar-refractivity contribution is 6.00. The smallest absolute Gasteiger partial charge is 0.419 e. The summed E-state index contributed by atoms with van der Waals surface area (Å²) in [5, 5.41) is 13.4. The van der Waals surface area contributed by atoms with Crippen LogP contribution in [0.4, 0.5) is 20.6 Å². The highest BCUT2D eigenvalue weighted by Gasteiger charge is 2.30. The molecular formula is C28H25FN2O5. The number of anilines is 2. The van der Waals surface area contributed by atoms with Crippen LogP contribution in [0, 0.1) is 12.7 Å². The van der Waals surface area contributed by atoms with Gasteiger partial charge >= 0.3 is 12.1 Å². The van der Waals surface area contributed by atoms with Crippen LogP contribution in [0.25, 0.3) is 22.4 Å². The van der Waals surface area contributed by atoms with Crippen LogP contribution < -0.4 is 4.90 Å². The maximum absolute atomic E-state index is 14.7. The van der Waals surface area contributed by atoms with Gasteiger partial charge in [0.2, 0.25) is 0 Å². The van der Waals surface area contributed by atoms with Crippen LogP contribution in [-0.4, -0.2) is 28.9 Å². The number of aromatic nitrogens is 1. The lowest BCUT2D eigenvalue weighted by molar-refractivity contribution is -0.138. The summed E-state index contributed by atoms with van der Waals surface area (Å²) in [4.78, 5) is 25.3. The number of para-hydroxylation sites is 1. The minimum Gasteiger partial charge on any atom is -0.481 e. The maximum atomic E-state index is 14.7. The molecule has 4 rings (SSSR count). The molecule has 1 heterocycles. The number of halogens is 1. The first-order valence-corrected chi connectivity index (χ1v) is 11.4. The Kier molecular flexibility index (Phi) is 7.15. The number of rotatable bonds is 7. The Morgan fingerprint density at radius 1 is 1.00 bits per heavy atom. The van der Waals surface area contributed by atoms with Crippen molar-refractivity contribution in [3.63, 3.8) is 0 Å². The molecule has 1 amide bonds. The lowest BCUT2D eigenvalue weighted by Gasteiger charge is -2.22. The molecular weight excluding hydrogens is 463 g/mol. The molecule has 7 nitrogen and oxygen atoms in total. The lowest BCUT2D eigenvalue weighted by Crippen LogP contribution is -2.28. The molecule has 184 valence electrons. The number of carboxylic acids is 1. The van der Waals surface area contributed by atoms with Crippen LogP contribution >= 0.6 is 0 Å². The van der Waals surface area contributed by atoms with Gasteiger partial charge in [0.05, 0.1) is 18.2 Å². The van der Waals surface area contributed by atoms with E-state index in [9.17, 15) is 19.1 Å². The Morgan fingerprint density at radius 3 is 2.17 bits per heavy atom. The summed E-state index contributed by atoms with van der Waals surface area (Å²) in [6, 6.07) is 20.7. The van der Waals surface area contributed by atoms with E-state index in [1.54, 1.807) is 39.0 Å². The van der Waals surface area contributed by atoms with Gasteiger partial charge in [-0.2, -0.15) is 0 Å². The van der Waals surface area contributed by atoms with E-state index in [2.05, 4.69) is 5.16 Å². The second kappa shape index (κ2) is 10.4. The summed E-state index contributed by atoms with van der Waals surface area (Å²) in [5.41, 5.74) is 3.88. The molecule has 0 aliphatic carbocycles. The van der Waals surface area contributed by atoms with Crippen molar-refractivity contribution in [2.45, 2.75) is 26.7 Å². The van der Waals surface area contributed by atoms with Crippen molar-refractivity contribution in [3.8, 4) is 22.4 Å². The zero-order valence-corrected chi connectivity index (χ0v) is 20.1. The van der Waals surface area contributed by atoms with Gasteiger partial charge < -0.3 is 14.4 Å². The average molecular weight is 489 g/mol. The van der Waals surface area contributed by atoms with Crippen molar-refractivity contribution < 1.29 is 28.3 Å². The Hall–Kier alpha value is -4.46. The summed E-state index contributed by atoms with van der Waals surface area (Å²) >= 11 is 0. The van der Waals surface area contributed by atoms with Gasteiger partial charge in [-0.05, 0) is 49.6 Å². The molecule has 1 unspecified atom stereocenters. The summed E-state index contributed by atoms with van der Waals surface area (Å²) in [7, 11) is 0. The normalized spacial score (nSPS) is 11.7. The Bertz CT molecular complexity index is 1380. The lowest BCUT2D eigenvalue weighted by atomic mass is 9.97. The SMILES string of the molecule is CCOC(=O)N(c1ccccc1F)c1c(-c2ccc(-c3ccc(C(C)C(=O)O)cc3)cc2)noc1C. The molecule has 1 aromatic heterocycles. The number of hydrogen-bond donors (Lipinski definition) is 1. The fraction of sp³-hybridized carbons (Fsp3) is 0.179. The Balaban J connectivity index is 1.71. The van der Waals surface area contributed by atoms with E-state index in [-0.39, 0.29) is 12.3 Å². The van der Waals surface area contributed by atoms with Crippen molar-refractivity contribution in [2.24, 2.45) is 0 Å². The highest BCUT2D eigenvalue weighted by atomic mass is 19.1. The monoisotopic (exact) mass is 488 g/mol. The van der Waals surface area contributed by atoms with E-state index in [4.69, 9.17) is 9.26 Å². The average Bonchev–Trinajstić information content (AvgIpc) is 3.26. The summed E-state index contributed by atoms with van der Waals surface area (Å²) in [6.45, 7) is 5.08. The molecule has 0 aliphatic rings. The molecule has 0 saturated heterocycles. The maximum Gasteiger partial charge on any atom is 0.419 e. The van der Waals surface area contributed by atoms with E-state index in [0.29, 0.717) is 22.7 Å². The van der Waals surface area contributed by atoms with Gasteiger partial charge in [-0.15, -0.1) is 0 Å². The van der Waals surface area contributed by atoms with Crippen LogP contribution in [0.15, 0.2) is 77.3 Å². The van der Waals surface area contributed by atoms with Gasteiger partial charge in [0, 0.05) is 5.56 Å². The van der Waals surface area contributed by atoms with Gasteiger partial charge in [-0.3, -0.25) is 4.79 Å². The summed E-state index contributed by atoms with van der Waals surface area (Å²) in [5.74, 6) is -1.73. The number of carboxylic acid groups (broad SMARTS) is 1. The van der Waals surface area contributed by atoms with Crippen molar-refractivity contribution in [1.82, 2.24) is 5.16 Å². The van der Waals surface area contributed by atoms with Gasteiger partial charge in [0.1, 0.15) is 17.2 Å². The van der Waals surface area contributed by atoms with E-state index >= 15 is 0 Å². The van der Waals surface area contributed by atoms with E-state index in [1.165, 1.54) is 18.2 Å². The number of carbonyl (C=O) groups is 2. The number of hydrogen-bond acceptors (Lipinski definition) is 5. The first kappa shape index (κ1) is 24.7. The van der Waals surface area contributed by atoms with E-state index < -0.39 is 23.8 Å². The van der Waals surface area contributed by atoms with Crippen LogP contribution in [-0.2, 0) is 9.53 Å². The predicted octanol–water partition coefficient (Wildman–Crippen LogP) is 6.94. The first-order chi connectivity index (χ1) is 17.3. The second-order valence-electron chi connectivity index (χ2n) is 8.18. The van der Waals surface area contributed by atoms with E-state index in [0.717, 1.165) is 21.6 Å². The standard InChI is InChI=1S/C28H25FN2O5/c1-4-35-28(34)31(24-8-6-5-7-23(24)29)26-18(3)36-30-25(26)22-15-13-21(14-16-22)20-11-9-19(10-12-20)17(2)27(32)33/h5-17H,4H2,1-3H3,(H,32,33). The van der Waals surface area contributed by atoms with Gasteiger partial charge in [0.25, 0.3) is 0 Å². The molecule has 0 saturated carbocycles.